The summed E-state index contributed by atoms with van der Waals surface area (Å²) in [4.78, 5) is 11.2. The van der Waals surface area contributed by atoms with Gasteiger partial charge < -0.3 is 10.6 Å². The topological polar surface area (TPSA) is 55.0 Å². The predicted octanol–water partition coefficient (Wildman–Crippen LogP) is 0.891. The Bertz CT molecular complexity index is 359. The van der Waals surface area contributed by atoms with E-state index in [9.17, 15) is 0 Å². The van der Waals surface area contributed by atoms with Gasteiger partial charge in [-0.15, -0.1) is 0 Å². The highest BCUT2D eigenvalue weighted by atomic mass is 15.3. The van der Waals surface area contributed by atoms with E-state index in [1.807, 2.05) is 0 Å². The van der Waals surface area contributed by atoms with Crippen LogP contribution in [0.5, 0.6) is 0 Å². The summed E-state index contributed by atoms with van der Waals surface area (Å²) in [6.07, 6.45) is 7.32. The largest absolute Gasteiger partial charge is 0.351 e. The van der Waals surface area contributed by atoms with Crippen molar-refractivity contribution >= 4 is 5.82 Å². The van der Waals surface area contributed by atoms with Gasteiger partial charge in [-0.25, -0.2) is 4.98 Å². The van der Waals surface area contributed by atoms with Crippen LogP contribution in [0.25, 0.3) is 0 Å². The SMILES string of the molecule is NCC1CCN1c1nccnc1C1CC1. The van der Waals surface area contributed by atoms with Gasteiger partial charge in [-0.3, -0.25) is 4.98 Å². The zero-order valence-corrected chi connectivity index (χ0v) is 8.76. The van der Waals surface area contributed by atoms with Crippen LogP contribution in [0, 0.1) is 0 Å². The second-order valence-corrected chi connectivity index (χ2v) is 4.41. The van der Waals surface area contributed by atoms with Crippen molar-refractivity contribution in [1.29, 1.82) is 0 Å². The van der Waals surface area contributed by atoms with E-state index in [2.05, 4.69) is 14.9 Å². The summed E-state index contributed by atoms with van der Waals surface area (Å²) in [5.41, 5.74) is 6.90. The van der Waals surface area contributed by atoms with Gasteiger partial charge in [0.25, 0.3) is 0 Å². The zero-order valence-electron chi connectivity index (χ0n) is 8.76. The van der Waals surface area contributed by atoms with Crippen molar-refractivity contribution in [2.75, 3.05) is 18.0 Å². The van der Waals surface area contributed by atoms with Crippen LogP contribution in [0.15, 0.2) is 12.4 Å². The fourth-order valence-corrected chi connectivity index (χ4v) is 2.17. The van der Waals surface area contributed by atoms with E-state index in [4.69, 9.17) is 5.73 Å². The molecule has 3 rings (SSSR count). The number of hydrogen-bond donors (Lipinski definition) is 1. The van der Waals surface area contributed by atoms with Crippen LogP contribution < -0.4 is 10.6 Å². The maximum Gasteiger partial charge on any atom is 0.150 e. The van der Waals surface area contributed by atoms with E-state index in [1.54, 1.807) is 12.4 Å². The summed E-state index contributed by atoms with van der Waals surface area (Å²) in [6, 6.07) is 0.485. The Hall–Kier alpha value is -1.16. The smallest absolute Gasteiger partial charge is 0.150 e. The third-order valence-electron chi connectivity index (χ3n) is 3.36. The van der Waals surface area contributed by atoms with Gasteiger partial charge in [0.2, 0.25) is 0 Å². The molecule has 4 nitrogen and oxygen atoms in total. The van der Waals surface area contributed by atoms with E-state index in [1.165, 1.54) is 25.0 Å². The molecular formula is C11H16N4. The van der Waals surface area contributed by atoms with Crippen molar-refractivity contribution in [2.24, 2.45) is 5.73 Å². The van der Waals surface area contributed by atoms with Crippen molar-refractivity contribution in [2.45, 2.75) is 31.2 Å². The molecule has 0 bridgehead atoms. The molecule has 80 valence electrons. The quantitative estimate of drug-likeness (QED) is 0.794. The number of hydrogen-bond acceptors (Lipinski definition) is 4. The van der Waals surface area contributed by atoms with Crippen LogP contribution in [0.2, 0.25) is 0 Å². The first-order valence-corrected chi connectivity index (χ1v) is 5.67. The first kappa shape index (κ1) is 9.09. The molecule has 15 heavy (non-hydrogen) atoms. The predicted molar refractivity (Wildman–Crippen MR) is 58.8 cm³/mol. The second-order valence-electron chi connectivity index (χ2n) is 4.41. The van der Waals surface area contributed by atoms with Gasteiger partial charge in [-0.05, 0) is 19.3 Å². The zero-order chi connectivity index (χ0) is 10.3. The average Bonchev–Trinajstić information content (AvgIpc) is 3.01. The van der Waals surface area contributed by atoms with E-state index in [0.717, 1.165) is 18.9 Å². The molecule has 0 amide bonds. The summed E-state index contributed by atoms with van der Waals surface area (Å²) in [5, 5.41) is 0. The van der Waals surface area contributed by atoms with Crippen LogP contribution in [0.1, 0.15) is 30.9 Å². The lowest BCUT2D eigenvalue weighted by Gasteiger charge is -2.41. The Morgan fingerprint density at radius 1 is 1.27 bits per heavy atom. The Morgan fingerprint density at radius 2 is 2.07 bits per heavy atom. The summed E-state index contributed by atoms with van der Waals surface area (Å²) in [7, 11) is 0. The molecular weight excluding hydrogens is 188 g/mol. The molecule has 2 fully saturated rings. The first-order valence-electron chi connectivity index (χ1n) is 5.67. The summed E-state index contributed by atoms with van der Waals surface area (Å²) in [6.45, 7) is 1.81. The van der Waals surface area contributed by atoms with Crippen LogP contribution in [-0.2, 0) is 0 Å². The highest BCUT2D eigenvalue weighted by molar-refractivity contribution is 5.49. The fourth-order valence-electron chi connectivity index (χ4n) is 2.17. The lowest BCUT2D eigenvalue weighted by atomic mass is 10.0. The van der Waals surface area contributed by atoms with Crippen LogP contribution in [0.4, 0.5) is 5.82 Å². The van der Waals surface area contributed by atoms with E-state index < -0.39 is 0 Å². The van der Waals surface area contributed by atoms with Gasteiger partial charge in [0.05, 0.1) is 5.69 Å². The second kappa shape index (κ2) is 3.45. The van der Waals surface area contributed by atoms with Crippen molar-refractivity contribution in [3.8, 4) is 0 Å². The minimum atomic E-state index is 0.485. The Morgan fingerprint density at radius 3 is 2.67 bits per heavy atom. The molecule has 1 unspecified atom stereocenters. The third kappa shape index (κ3) is 1.49. The van der Waals surface area contributed by atoms with E-state index in [-0.39, 0.29) is 0 Å². The number of nitrogens with two attached hydrogens (primary N) is 1. The molecule has 1 saturated carbocycles. The highest BCUT2D eigenvalue weighted by Gasteiger charge is 2.34. The highest BCUT2D eigenvalue weighted by Crippen LogP contribution is 2.43. The normalized spacial score (nSPS) is 25.1. The van der Waals surface area contributed by atoms with Gasteiger partial charge in [0.15, 0.2) is 5.82 Å². The van der Waals surface area contributed by atoms with Crippen molar-refractivity contribution in [3.05, 3.63) is 18.1 Å². The molecule has 2 heterocycles. The maximum atomic E-state index is 5.71. The first-order chi connectivity index (χ1) is 7.40. The average molecular weight is 204 g/mol. The van der Waals surface area contributed by atoms with E-state index in [0.29, 0.717) is 12.0 Å². The van der Waals surface area contributed by atoms with Gasteiger partial charge in [-0.2, -0.15) is 0 Å². The van der Waals surface area contributed by atoms with Crippen molar-refractivity contribution in [1.82, 2.24) is 9.97 Å². The van der Waals surface area contributed by atoms with Crippen molar-refractivity contribution in [3.63, 3.8) is 0 Å². The Kier molecular flexibility index (Phi) is 2.09. The number of anilines is 1. The summed E-state index contributed by atoms with van der Waals surface area (Å²) >= 11 is 0. The molecule has 1 aliphatic heterocycles. The molecule has 4 heteroatoms. The van der Waals surface area contributed by atoms with Crippen LogP contribution in [-0.4, -0.2) is 29.1 Å². The van der Waals surface area contributed by atoms with Crippen molar-refractivity contribution < 1.29 is 0 Å². The minimum Gasteiger partial charge on any atom is -0.351 e. The molecule has 1 aromatic rings. The molecule has 1 aliphatic carbocycles. The molecule has 1 atom stereocenters. The molecule has 2 aliphatic rings. The molecule has 0 aromatic carbocycles. The van der Waals surface area contributed by atoms with Gasteiger partial charge >= 0.3 is 0 Å². The number of aromatic nitrogens is 2. The maximum absolute atomic E-state index is 5.71. The molecule has 0 radical (unpaired) electrons. The molecule has 1 aromatic heterocycles. The van der Waals surface area contributed by atoms with Gasteiger partial charge in [-0.1, -0.05) is 0 Å². The fraction of sp³-hybridized carbons (Fsp3) is 0.636. The third-order valence-corrected chi connectivity index (χ3v) is 3.36. The Balaban J connectivity index is 1.89. The van der Waals surface area contributed by atoms with Gasteiger partial charge in [0, 0.05) is 37.4 Å². The lowest BCUT2D eigenvalue weighted by Crippen LogP contribution is -2.52. The van der Waals surface area contributed by atoms with Crippen LogP contribution in [0.3, 0.4) is 0 Å². The number of nitrogens with zero attached hydrogens (tertiary/aromatic N) is 3. The standard InChI is InChI=1S/C11H16N4/c12-7-9-3-6-15(9)11-10(8-1-2-8)13-4-5-14-11/h4-5,8-9H,1-3,6-7,12H2. The van der Waals surface area contributed by atoms with Gasteiger partial charge in [0.1, 0.15) is 0 Å². The number of rotatable bonds is 3. The van der Waals surface area contributed by atoms with E-state index >= 15 is 0 Å². The molecule has 2 N–H and O–H groups in total. The molecule has 1 saturated heterocycles. The van der Waals surface area contributed by atoms with Crippen LogP contribution >= 0.6 is 0 Å². The Labute approximate surface area is 89.5 Å². The summed E-state index contributed by atoms with van der Waals surface area (Å²) in [5.74, 6) is 1.74. The molecule has 0 spiro atoms. The summed E-state index contributed by atoms with van der Waals surface area (Å²) < 4.78 is 0. The minimum absolute atomic E-state index is 0.485. The lowest BCUT2D eigenvalue weighted by molar-refractivity contribution is 0.449. The monoisotopic (exact) mass is 204 g/mol.